The first kappa shape index (κ1) is 14.3. The normalized spacial score (nSPS) is 22.3. The van der Waals surface area contributed by atoms with E-state index in [0.717, 1.165) is 16.8 Å². The Morgan fingerprint density at radius 1 is 1.48 bits per heavy atom. The van der Waals surface area contributed by atoms with Gasteiger partial charge in [-0.3, -0.25) is 4.79 Å². The number of nitrogens with two attached hydrogens (primary N) is 1. The molecule has 2 aromatic rings. The third kappa shape index (κ3) is 2.88. The summed E-state index contributed by atoms with van der Waals surface area (Å²) in [6.07, 6.45) is 6.81. The number of thiophene rings is 1. The van der Waals surface area contributed by atoms with Crippen LogP contribution in [0.25, 0.3) is 10.2 Å². The molecule has 3 rings (SSSR count). The van der Waals surface area contributed by atoms with Crippen molar-refractivity contribution in [1.82, 2.24) is 10.3 Å². The van der Waals surface area contributed by atoms with Gasteiger partial charge in [0.1, 0.15) is 9.71 Å². The summed E-state index contributed by atoms with van der Waals surface area (Å²) in [6.45, 7) is 3.04. The molecule has 0 radical (unpaired) electrons. The smallest absolute Gasteiger partial charge is 0.263 e. The lowest BCUT2D eigenvalue weighted by molar-refractivity contribution is 0.0941. The van der Waals surface area contributed by atoms with Gasteiger partial charge in [0.2, 0.25) is 0 Å². The van der Waals surface area contributed by atoms with Crippen molar-refractivity contribution in [3.63, 3.8) is 0 Å². The molecular weight excluding hydrogens is 282 g/mol. The van der Waals surface area contributed by atoms with E-state index in [2.05, 4.69) is 17.2 Å². The average molecular weight is 303 g/mol. The lowest BCUT2D eigenvalue weighted by Gasteiger charge is -2.28. The standard InChI is InChI=1S/C16H21N3OS/c1-10-5-2-3-6-11(10)9-19-15(20)14-13(17)12-7-4-8-18-16(12)21-14/h4,7-8,10-11H,2-3,5-6,9,17H2,1H3,(H,19,20). The fourth-order valence-corrected chi connectivity index (χ4v) is 4.10. The number of hydrogen-bond donors (Lipinski definition) is 2. The molecule has 4 nitrogen and oxygen atoms in total. The molecule has 112 valence electrons. The molecule has 1 fully saturated rings. The lowest BCUT2D eigenvalue weighted by atomic mass is 9.80. The van der Waals surface area contributed by atoms with Crippen molar-refractivity contribution in [3.8, 4) is 0 Å². The Balaban J connectivity index is 1.70. The maximum atomic E-state index is 12.4. The first-order chi connectivity index (χ1) is 10.2. The van der Waals surface area contributed by atoms with Crippen LogP contribution in [0.4, 0.5) is 5.69 Å². The van der Waals surface area contributed by atoms with Crippen molar-refractivity contribution < 1.29 is 4.79 Å². The van der Waals surface area contributed by atoms with Crippen molar-refractivity contribution in [2.75, 3.05) is 12.3 Å². The summed E-state index contributed by atoms with van der Waals surface area (Å²) in [7, 11) is 0. The van der Waals surface area contributed by atoms with Crippen LogP contribution in [-0.4, -0.2) is 17.4 Å². The van der Waals surface area contributed by atoms with E-state index in [1.807, 2.05) is 12.1 Å². The van der Waals surface area contributed by atoms with Gasteiger partial charge < -0.3 is 11.1 Å². The Morgan fingerprint density at radius 2 is 2.29 bits per heavy atom. The Kier molecular flexibility index (Phi) is 4.10. The van der Waals surface area contributed by atoms with Crippen LogP contribution in [0.15, 0.2) is 18.3 Å². The maximum absolute atomic E-state index is 12.4. The first-order valence-corrected chi connectivity index (χ1v) is 8.39. The zero-order valence-corrected chi connectivity index (χ0v) is 13.1. The zero-order chi connectivity index (χ0) is 14.8. The second-order valence-corrected chi connectivity index (χ2v) is 6.93. The number of aromatic nitrogens is 1. The number of anilines is 1. The van der Waals surface area contributed by atoms with E-state index in [0.29, 0.717) is 22.4 Å². The van der Waals surface area contributed by atoms with E-state index in [1.54, 1.807) is 6.20 Å². The topological polar surface area (TPSA) is 68.0 Å². The Hall–Kier alpha value is -1.62. The number of rotatable bonds is 3. The van der Waals surface area contributed by atoms with Crippen molar-refractivity contribution in [3.05, 3.63) is 23.2 Å². The molecule has 1 aliphatic rings. The molecule has 21 heavy (non-hydrogen) atoms. The molecule has 0 aliphatic heterocycles. The highest BCUT2D eigenvalue weighted by atomic mass is 32.1. The summed E-state index contributed by atoms with van der Waals surface area (Å²) in [6, 6.07) is 3.75. The van der Waals surface area contributed by atoms with Gasteiger partial charge in [-0.1, -0.05) is 26.2 Å². The minimum atomic E-state index is -0.0618. The minimum Gasteiger partial charge on any atom is -0.397 e. The fraction of sp³-hybridized carbons (Fsp3) is 0.500. The average Bonchev–Trinajstić information content (AvgIpc) is 2.84. The first-order valence-electron chi connectivity index (χ1n) is 7.58. The minimum absolute atomic E-state index is 0.0618. The summed E-state index contributed by atoms with van der Waals surface area (Å²) in [5.74, 6) is 1.23. The summed E-state index contributed by atoms with van der Waals surface area (Å²) in [5.41, 5.74) is 6.64. The lowest BCUT2D eigenvalue weighted by Crippen LogP contribution is -2.33. The summed E-state index contributed by atoms with van der Waals surface area (Å²) < 4.78 is 0. The molecule has 5 heteroatoms. The van der Waals surface area contributed by atoms with Crippen LogP contribution in [0.5, 0.6) is 0 Å². The summed E-state index contributed by atoms with van der Waals surface area (Å²) in [4.78, 5) is 18.1. The van der Waals surface area contributed by atoms with E-state index in [9.17, 15) is 4.79 Å². The Morgan fingerprint density at radius 3 is 3.05 bits per heavy atom. The molecule has 1 amide bonds. The van der Waals surface area contributed by atoms with E-state index in [4.69, 9.17) is 5.73 Å². The van der Waals surface area contributed by atoms with Crippen LogP contribution in [0.2, 0.25) is 0 Å². The number of fused-ring (bicyclic) bond motifs is 1. The van der Waals surface area contributed by atoms with Gasteiger partial charge in [-0.2, -0.15) is 0 Å². The molecule has 1 saturated carbocycles. The van der Waals surface area contributed by atoms with Gasteiger partial charge >= 0.3 is 0 Å². The van der Waals surface area contributed by atoms with Gasteiger partial charge in [-0.05, 0) is 30.4 Å². The number of nitrogens with zero attached hydrogens (tertiary/aromatic N) is 1. The van der Waals surface area contributed by atoms with Gasteiger partial charge in [0, 0.05) is 18.1 Å². The predicted octanol–water partition coefficient (Wildman–Crippen LogP) is 3.43. The second kappa shape index (κ2) is 6.02. The number of nitrogen functional groups attached to an aromatic ring is 1. The number of hydrogen-bond acceptors (Lipinski definition) is 4. The second-order valence-electron chi connectivity index (χ2n) is 5.93. The largest absolute Gasteiger partial charge is 0.397 e. The van der Waals surface area contributed by atoms with Crippen LogP contribution in [0.1, 0.15) is 42.3 Å². The molecule has 0 aromatic carbocycles. The van der Waals surface area contributed by atoms with E-state index in [-0.39, 0.29) is 5.91 Å². The molecular formula is C16H21N3OS. The van der Waals surface area contributed by atoms with Crippen LogP contribution >= 0.6 is 11.3 Å². The monoisotopic (exact) mass is 303 g/mol. The highest BCUT2D eigenvalue weighted by Crippen LogP contribution is 2.32. The maximum Gasteiger partial charge on any atom is 0.263 e. The van der Waals surface area contributed by atoms with Crippen LogP contribution in [0, 0.1) is 11.8 Å². The molecule has 1 aliphatic carbocycles. The van der Waals surface area contributed by atoms with Gasteiger partial charge in [-0.15, -0.1) is 11.3 Å². The SMILES string of the molecule is CC1CCCCC1CNC(=O)c1sc2ncccc2c1N. The zero-order valence-electron chi connectivity index (χ0n) is 12.3. The van der Waals surface area contributed by atoms with E-state index >= 15 is 0 Å². The molecule has 2 aromatic heterocycles. The molecule has 2 atom stereocenters. The van der Waals surface area contributed by atoms with E-state index < -0.39 is 0 Å². The fourth-order valence-electron chi connectivity index (χ4n) is 3.12. The Bertz CT molecular complexity index is 652. The number of carbonyl (C=O) groups is 1. The molecule has 2 unspecified atom stereocenters. The predicted molar refractivity (Wildman–Crippen MR) is 87.5 cm³/mol. The Labute approximate surface area is 128 Å². The van der Waals surface area contributed by atoms with Crippen molar-refractivity contribution in [2.24, 2.45) is 11.8 Å². The number of nitrogens with one attached hydrogen (secondary N) is 1. The third-order valence-electron chi connectivity index (χ3n) is 4.52. The van der Waals surface area contributed by atoms with Crippen LogP contribution < -0.4 is 11.1 Å². The van der Waals surface area contributed by atoms with Crippen molar-refractivity contribution in [1.29, 1.82) is 0 Å². The molecule has 2 heterocycles. The van der Waals surface area contributed by atoms with Crippen LogP contribution in [-0.2, 0) is 0 Å². The van der Waals surface area contributed by atoms with Gasteiger partial charge in [0.15, 0.2) is 0 Å². The number of pyridine rings is 1. The molecule has 0 saturated heterocycles. The number of amides is 1. The molecule has 3 N–H and O–H groups in total. The number of carbonyl (C=O) groups excluding carboxylic acids is 1. The quantitative estimate of drug-likeness (QED) is 0.912. The van der Waals surface area contributed by atoms with Gasteiger partial charge in [-0.25, -0.2) is 4.98 Å². The van der Waals surface area contributed by atoms with Gasteiger partial charge in [0.25, 0.3) is 5.91 Å². The van der Waals surface area contributed by atoms with Crippen molar-refractivity contribution >= 4 is 33.1 Å². The highest BCUT2D eigenvalue weighted by molar-refractivity contribution is 7.21. The summed E-state index contributed by atoms with van der Waals surface area (Å²) >= 11 is 1.37. The molecule has 0 spiro atoms. The molecule has 0 bridgehead atoms. The summed E-state index contributed by atoms with van der Waals surface area (Å²) in [5, 5.41) is 3.94. The third-order valence-corrected chi connectivity index (χ3v) is 5.65. The van der Waals surface area contributed by atoms with Crippen LogP contribution in [0.3, 0.4) is 0 Å². The van der Waals surface area contributed by atoms with Crippen molar-refractivity contribution in [2.45, 2.75) is 32.6 Å². The van der Waals surface area contributed by atoms with Gasteiger partial charge in [0.05, 0.1) is 5.69 Å². The van der Waals surface area contributed by atoms with E-state index in [1.165, 1.54) is 37.0 Å². The highest BCUT2D eigenvalue weighted by Gasteiger charge is 2.23.